The van der Waals surface area contributed by atoms with Crippen LogP contribution in [0.1, 0.15) is 18.9 Å². The quantitative estimate of drug-likeness (QED) is 0.409. The average molecular weight is 295 g/mol. The maximum absolute atomic E-state index is 12.0. The summed E-state index contributed by atoms with van der Waals surface area (Å²) in [6, 6.07) is 7.96. The molecule has 1 heterocycles. The number of barbiturate groups is 1. The van der Waals surface area contributed by atoms with Gasteiger partial charge in [0.2, 0.25) is 11.8 Å². The number of hydrogen-bond donors (Lipinski definition) is 3. The standard InChI is InChI=1S/C12H12N2O3.HNO3/c1-2-12(8-6-4-3-5-7-8)9(15)13-11(17)14-10(12)16;2-1(3)4/h3-7H,2H2,1H3,(H2,13,14,15,16,17);(H,2,3,4). The van der Waals surface area contributed by atoms with Crippen LogP contribution in [0.15, 0.2) is 30.3 Å². The molecule has 0 bridgehead atoms. The van der Waals surface area contributed by atoms with Crippen molar-refractivity contribution in [3.63, 3.8) is 0 Å². The Labute approximate surface area is 119 Å². The zero-order chi connectivity index (χ0) is 16.0. The highest BCUT2D eigenvalue weighted by Gasteiger charge is 2.50. The van der Waals surface area contributed by atoms with E-state index in [9.17, 15) is 14.4 Å². The molecule has 0 atom stereocenters. The van der Waals surface area contributed by atoms with Crippen LogP contribution in [0.3, 0.4) is 0 Å². The molecule has 1 aromatic rings. The van der Waals surface area contributed by atoms with E-state index in [-0.39, 0.29) is 0 Å². The van der Waals surface area contributed by atoms with Crippen molar-refractivity contribution < 1.29 is 24.7 Å². The van der Waals surface area contributed by atoms with E-state index in [1.54, 1.807) is 37.3 Å². The number of urea groups is 1. The Hall–Kier alpha value is -2.97. The molecule has 0 aromatic heterocycles. The number of imide groups is 2. The first-order chi connectivity index (χ1) is 9.84. The largest absolute Gasteiger partial charge is 0.328 e. The number of carbonyl (C=O) groups is 3. The molecule has 1 aliphatic heterocycles. The van der Waals surface area contributed by atoms with Gasteiger partial charge in [0.1, 0.15) is 0 Å². The number of rotatable bonds is 2. The van der Waals surface area contributed by atoms with Gasteiger partial charge in [-0.3, -0.25) is 20.2 Å². The minimum absolute atomic E-state index is 0.294. The number of nitrogens with one attached hydrogen (secondary N) is 2. The number of amides is 4. The van der Waals surface area contributed by atoms with Gasteiger partial charge in [-0.2, -0.15) is 0 Å². The van der Waals surface area contributed by atoms with E-state index >= 15 is 0 Å². The van der Waals surface area contributed by atoms with Crippen LogP contribution in [-0.2, 0) is 15.0 Å². The maximum atomic E-state index is 12.0. The summed E-state index contributed by atoms with van der Waals surface area (Å²) in [4.78, 5) is 43.4. The first kappa shape index (κ1) is 16.1. The van der Waals surface area contributed by atoms with Gasteiger partial charge >= 0.3 is 6.03 Å². The molecular formula is C12H13N3O6. The molecule has 3 N–H and O–H groups in total. The molecule has 0 aliphatic carbocycles. The topological polar surface area (TPSA) is 139 Å². The van der Waals surface area contributed by atoms with Crippen LogP contribution in [0, 0.1) is 10.1 Å². The van der Waals surface area contributed by atoms with Gasteiger partial charge in [-0.1, -0.05) is 37.3 Å². The summed E-state index contributed by atoms with van der Waals surface area (Å²) < 4.78 is 0. The highest BCUT2D eigenvalue weighted by molar-refractivity contribution is 6.22. The third-order valence-corrected chi connectivity index (χ3v) is 3.03. The van der Waals surface area contributed by atoms with E-state index in [0.717, 1.165) is 0 Å². The first-order valence-corrected chi connectivity index (χ1v) is 5.90. The molecule has 0 unspecified atom stereocenters. The molecule has 9 heteroatoms. The smallest absolute Gasteiger partial charge is 0.328 e. The fourth-order valence-electron chi connectivity index (χ4n) is 2.06. The van der Waals surface area contributed by atoms with E-state index in [1.165, 1.54) is 0 Å². The van der Waals surface area contributed by atoms with Crippen molar-refractivity contribution in [2.75, 3.05) is 0 Å². The fraction of sp³-hybridized carbons (Fsp3) is 0.250. The van der Waals surface area contributed by atoms with Crippen LogP contribution in [0.2, 0.25) is 0 Å². The van der Waals surface area contributed by atoms with Crippen LogP contribution >= 0.6 is 0 Å². The maximum Gasteiger partial charge on any atom is 0.328 e. The van der Waals surface area contributed by atoms with E-state index in [4.69, 9.17) is 15.3 Å². The zero-order valence-corrected chi connectivity index (χ0v) is 11.0. The Morgan fingerprint density at radius 3 is 1.95 bits per heavy atom. The van der Waals surface area contributed by atoms with Gasteiger partial charge in [0.15, 0.2) is 5.41 Å². The molecule has 0 radical (unpaired) electrons. The highest BCUT2D eigenvalue weighted by Crippen LogP contribution is 2.30. The van der Waals surface area contributed by atoms with E-state index < -0.39 is 28.3 Å². The number of nitrogens with zero attached hydrogens (tertiary/aromatic N) is 1. The van der Waals surface area contributed by atoms with Crippen molar-refractivity contribution in [2.24, 2.45) is 0 Å². The Morgan fingerprint density at radius 1 is 1.14 bits per heavy atom. The lowest BCUT2D eigenvalue weighted by Gasteiger charge is -2.33. The van der Waals surface area contributed by atoms with E-state index in [1.807, 2.05) is 0 Å². The summed E-state index contributed by atoms with van der Waals surface area (Å²) in [6.45, 7) is 1.74. The Morgan fingerprint density at radius 2 is 1.57 bits per heavy atom. The summed E-state index contributed by atoms with van der Waals surface area (Å²) in [6.07, 6.45) is 0.294. The van der Waals surface area contributed by atoms with E-state index in [2.05, 4.69) is 10.6 Å². The lowest BCUT2D eigenvalue weighted by Crippen LogP contribution is -2.64. The summed E-state index contributed by atoms with van der Waals surface area (Å²) in [5, 5.41) is 17.9. The predicted molar refractivity (Wildman–Crippen MR) is 68.9 cm³/mol. The molecule has 1 saturated heterocycles. The summed E-state index contributed by atoms with van der Waals surface area (Å²) in [5.41, 5.74) is -0.722. The summed E-state index contributed by atoms with van der Waals surface area (Å²) >= 11 is 0. The second-order valence-electron chi connectivity index (χ2n) is 4.10. The molecule has 4 amide bonds. The van der Waals surface area contributed by atoms with Crippen molar-refractivity contribution in [1.29, 1.82) is 0 Å². The fourth-order valence-corrected chi connectivity index (χ4v) is 2.06. The molecule has 21 heavy (non-hydrogen) atoms. The van der Waals surface area contributed by atoms with E-state index in [0.29, 0.717) is 12.0 Å². The Kier molecular flexibility index (Phi) is 4.95. The molecule has 9 nitrogen and oxygen atoms in total. The minimum atomic E-state index is -1.50. The van der Waals surface area contributed by atoms with Crippen LogP contribution in [0.25, 0.3) is 0 Å². The second-order valence-corrected chi connectivity index (χ2v) is 4.10. The number of carbonyl (C=O) groups excluding carboxylic acids is 3. The Bertz CT molecular complexity index is 548. The molecule has 1 fully saturated rings. The second kappa shape index (κ2) is 6.46. The predicted octanol–water partition coefficient (Wildman–Crippen LogP) is 0.353. The van der Waals surface area contributed by atoms with Crippen LogP contribution < -0.4 is 10.6 Å². The van der Waals surface area contributed by atoms with Gasteiger partial charge < -0.3 is 5.21 Å². The van der Waals surface area contributed by atoms with Gasteiger partial charge in [0.25, 0.3) is 5.09 Å². The van der Waals surface area contributed by atoms with Gasteiger partial charge in [-0.15, -0.1) is 10.1 Å². The van der Waals surface area contributed by atoms with Crippen LogP contribution in [-0.4, -0.2) is 28.1 Å². The highest BCUT2D eigenvalue weighted by atomic mass is 16.9. The summed E-state index contributed by atoms with van der Waals surface area (Å²) in [7, 11) is 0. The lowest BCUT2D eigenvalue weighted by atomic mass is 9.75. The molecule has 0 spiro atoms. The summed E-state index contributed by atoms with van der Waals surface area (Å²) in [5.74, 6) is -1.14. The first-order valence-electron chi connectivity index (χ1n) is 5.90. The van der Waals surface area contributed by atoms with Crippen molar-refractivity contribution >= 4 is 17.8 Å². The normalized spacial score (nSPS) is 16.1. The molecule has 0 saturated carbocycles. The third kappa shape index (κ3) is 3.32. The van der Waals surface area contributed by atoms with Gasteiger partial charge in [-0.25, -0.2) is 4.79 Å². The molecular weight excluding hydrogens is 282 g/mol. The molecule has 112 valence electrons. The third-order valence-electron chi connectivity index (χ3n) is 3.03. The molecule has 1 aliphatic rings. The zero-order valence-electron chi connectivity index (χ0n) is 11.0. The molecule has 1 aromatic carbocycles. The SMILES string of the molecule is CCC1(c2ccccc2)C(=O)NC(=O)NC1=O.O=[N+]([O-])O. The van der Waals surface area contributed by atoms with Crippen LogP contribution in [0.5, 0.6) is 0 Å². The van der Waals surface area contributed by atoms with Gasteiger partial charge in [0.05, 0.1) is 0 Å². The molecule has 2 rings (SSSR count). The lowest BCUT2D eigenvalue weighted by molar-refractivity contribution is -0.742. The minimum Gasteiger partial charge on any atom is -0.328 e. The van der Waals surface area contributed by atoms with Crippen molar-refractivity contribution in [3.05, 3.63) is 46.0 Å². The Balaban J connectivity index is 0.000000491. The number of benzene rings is 1. The van der Waals surface area contributed by atoms with Gasteiger partial charge in [-0.05, 0) is 12.0 Å². The number of hydrogen-bond acceptors (Lipinski definition) is 5. The monoisotopic (exact) mass is 295 g/mol. The van der Waals surface area contributed by atoms with Gasteiger partial charge in [0, 0.05) is 0 Å². The van der Waals surface area contributed by atoms with Crippen molar-refractivity contribution in [2.45, 2.75) is 18.8 Å². The van der Waals surface area contributed by atoms with Crippen molar-refractivity contribution in [1.82, 2.24) is 10.6 Å². The average Bonchev–Trinajstić information content (AvgIpc) is 2.39. The van der Waals surface area contributed by atoms with Crippen molar-refractivity contribution in [3.8, 4) is 0 Å². The van der Waals surface area contributed by atoms with Crippen LogP contribution in [0.4, 0.5) is 4.79 Å².